The average molecular weight is 269 g/mol. The van der Waals surface area contributed by atoms with Crippen LogP contribution in [0.25, 0.3) is 0 Å². The molecule has 0 radical (unpaired) electrons. The maximum absolute atomic E-state index is 5.80. The molecule has 2 heteroatoms. The van der Waals surface area contributed by atoms with Gasteiger partial charge in [0.15, 0.2) is 0 Å². The van der Waals surface area contributed by atoms with Gasteiger partial charge in [0.05, 0.1) is 6.10 Å². The van der Waals surface area contributed by atoms with Gasteiger partial charge in [-0.25, -0.2) is 0 Å². The minimum absolute atomic E-state index is 0.414. The number of hydrogen-bond donors (Lipinski definition) is 1. The molecule has 0 aromatic heterocycles. The third kappa shape index (κ3) is 5.83. The molecule has 1 saturated heterocycles. The van der Waals surface area contributed by atoms with Crippen molar-refractivity contribution < 1.29 is 4.74 Å². The fourth-order valence-corrected chi connectivity index (χ4v) is 3.43. The molecule has 1 aliphatic rings. The lowest BCUT2D eigenvalue weighted by Crippen LogP contribution is -2.38. The van der Waals surface area contributed by atoms with E-state index < -0.39 is 0 Å². The molecule has 1 rings (SSSR count). The molecule has 0 aliphatic carbocycles. The number of ether oxygens (including phenoxy) is 1. The second-order valence-corrected chi connectivity index (χ2v) is 6.38. The first kappa shape index (κ1) is 17.0. The molecule has 1 heterocycles. The topological polar surface area (TPSA) is 21.3 Å². The molecule has 1 aliphatic heterocycles. The monoisotopic (exact) mass is 269 g/mol. The largest absolute Gasteiger partial charge is 0.378 e. The molecular formula is C17H35NO. The van der Waals surface area contributed by atoms with Crippen LogP contribution in [0.5, 0.6) is 0 Å². The van der Waals surface area contributed by atoms with E-state index in [1.807, 2.05) is 0 Å². The van der Waals surface area contributed by atoms with Gasteiger partial charge < -0.3 is 10.1 Å². The molecule has 0 bridgehead atoms. The lowest BCUT2D eigenvalue weighted by molar-refractivity contribution is 0.0580. The third-order valence-corrected chi connectivity index (χ3v) is 4.89. The maximum atomic E-state index is 5.80. The molecule has 2 nitrogen and oxygen atoms in total. The highest BCUT2D eigenvalue weighted by Crippen LogP contribution is 2.39. The van der Waals surface area contributed by atoms with Gasteiger partial charge in [-0.05, 0) is 26.8 Å². The average Bonchev–Trinajstić information content (AvgIpc) is 2.75. The van der Waals surface area contributed by atoms with Gasteiger partial charge in [-0.15, -0.1) is 0 Å². The van der Waals surface area contributed by atoms with E-state index in [4.69, 9.17) is 4.74 Å². The first-order valence-electron chi connectivity index (χ1n) is 8.51. The molecule has 19 heavy (non-hydrogen) atoms. The zero-order valence-electron chi connectivity index (χ0n) is 13.5. The minimum atomic E-state index is 0.414. The molecule has 114 valence electrons. The predicted octanol–water partition coefficient (Wildman–Crippen LogP) is 4.53. The van der Waals surface area contributed by atoms with E-state index in [0.717, 1.165) is 13.2 Å². The smallest absolute Gasteiger partial charge is 0.0616 e. The van der Waals surface area contributed by atoms with E-state index in [2.05, 4.69) is 26.2 Å². The zero-order chi connectivity index (χ0) is 14.0. The molecule has 2 atom stereocenters. The van der Waals surface area contributed by atoms with Gasteiger partial charge >= 0.3 is 0 Å². The molecule has 0 aromatic rings. The van der Waals surface area contributed by atoms with Crippen molar-refractivity contribution in [2.24, 2.45) is 5.41 Å². The van der Waals surface area contributed by atoms with E-state index in [1.165, 1.54) is 64.2 Å². The van der Waals surface area contributed by atoms with Gasteiger partial charge in [0.1, 0.15) is 0 Å². The SMILES string of the molecule is CCCCCCCCCCC1(CNC)CCOC1C. The highest BCUT2D eigenvalue weighted by atomic mass is 16.5. The van der Waals surface area contributed by atoms with E-state index in [0.29, 0.717) is 11.5 Å². The van der Waals surface area contributed by atoms with Gasteiger partial charge in [-0.2, -0.15) is 0 Å². The number of rotatable bonds is 11. The molecule has 2 unspecified atom stereocenters. The summed E-state index contributed by atoms with van der Waals surface area (Å²) in [6.07, 6.45) is 14.3. The van der Waals surface area contributed by atoms with Crippen molar-refractivity contribution in [3.05, 3.63) is 0 Å². The summed E-state index contributed by atoms with van der Waals surface area (Å²) in [6, 6.07) is 0. The second-order valence-electron chi connectivity index (χ2n) is 6.38. The van der Waals surface area contributed by atoms with Gasteiger partial charge in [-0.1, -0.05) is 58.3 Å². The Kier molecular flexibility index (Phi) is 8.72. The summed E-state index contributed by atoms with van der Waals surface area (Å²) in [6.45, 7) is 6.62. The molecule has 1 fully saturated rings. The van der Waals surface area contributed by atoms with Gasteiger partial charge in [-0.3, -0.25) is 0 Å². The number of nitrogens with one attached hydrogen (secondary N) is 1. The summed E-state index contributed by atoms with van der Waals surface area (Å²) < 4.78 is 5.80. The van der Waals surface area contributed by atoms with Crippen molar-refractivity contribution in [3.8, 4) is 0 Å². The van der Waals surface area contributed by atoms with Crippen molar-refractivity contribution >= 4 is 0 Å². The van der Waals surface area contributed by atoms with E-state index >= 15 is 0 Å². The fourth-order valence-electron chi connectivity index (χ4n) is 3.43. The third-order valence-electron chi connectivity index (χ3n) is 4.89. The highest BCUT2D eigenvalue weighted by Gasteiger charge is 2.40. The van der Waals surface area contributed by atoms with Gasteiger partial charge in [0, 0.05) is 18.6 Å². The van der Waals surface area contributed by atoms with Crippen LogP contribution in [0.4, 0.5) is 0 Å². The van der Waals surface area contributed by atoms with Crippen LogP contribution < -0.4 is 5.32 Å². The van der Waals surface area contributed by atoms with Crippen molar-refractivity contribution in [2.45, 2.75) is 84.2 Å². The Morgan fingerprint density at radius 1 is 1.05 bits per heavy atom. The van der Waals surface area contributed by atoms with E-state index in [9.17, 15) is 0 Å². The zero-order valence-corrected chi connectivity index (χ0v) is 13.5. The quantitative estimate of drug-likeness (QED) is 0.556. The summed E-state index contributed by atoms with van der Waals surface area (Å²) in [4.78, 5) is 0. The van der Waals surface area contributed by atoms with Crippen LogP contribution in [0, 0.1) is 5.41 Å². The molecule has 0 spiro atoms. The fraction of sp³-hybridized carbons (Fsp3) is 1.00. The van der Waals surface area contributed by atoms with Crippen LogP contribution in [0.2, 0.25) is 0 Å². The van der Waals surface area contributed by atoms with Gasteiger partial charge in [0.25, 0.3) is 0 Å². The van der Waals surface area contributed by atoms with Crippen molar-refractivity contribution in [2.75, 3.05) is 20.2 Å². The Hall–Kier alpha value is -0.0800. The van der Waals surface area contributed by atoms with Crippen LogP contribution in [0.15, 0.2) is 0 Å². The highest BCUT2D eigenvalue weighted by molar-refractivity contribution is 4.90. The van der Waals surface area contributed by atoms with E-state index in [1.54, 1.807) is 0 Å². The lowest BCUT2D eigenvalue weighted by atomic mass is 9.77. The van der Waals surface area contributed by atoms with Crippen molar-refractivity contribution in [3.63, 3.8) is 0 Å². The van der Waals surface area contributed by atoms with E-state index in [-0.39, 0.29) is 0 Å². The molecule has 1 N–H and O–H groups in total. The summed E-state index contributed by atoms with van der Waals surface area (Å²) in [5.41, 5.74) is 0.414. The Labute approximate surface area is 120 Å². The first-order chi connectivity index (χ1) is 9.25. The Morgan fingerprint density at radius 3 is 2.21 bits per heavy atom. The Balaban J connectivity index is 2.09. The summed E-state index contributed by atoms with van der Waals surface area (Å²) in [7, 11) is 2.07. The second kappa shape index (κ2) is 9.77. The van der Waals surface area contributed by atoms with Gasteiger partial charge in [0.2, 0.25) is 0 Å². The molecular weight excluding hydrogens is 234 g/mol. The predicted molar refractivity (Wildman–Crippen MR) is 83.6 cm³/mol. The summed E-state index contributed by atoms with van der Waals surface area (Å²) >= 11 is 0. The van der Waals surface area contributed by atoms with Crippen LogP contribution in [0.3, 0.4) is 0 Å². The Bertz CT molecular complexity index is 219. The molecule has 0 amide bonds. The van der Waals surface area contributed by atoms with Crippen LogP contribution >= 0.6 is 0 Å². The summed E-state index contributed by atoms with van der Waals surface area (Å²) in [5, 5.41) is 3.38. The Morgan fingerprint density at radius 2 is 1.68 bits per heavy atom. The minimum Gasteiger partial charge on any atom is -0.378 e. The lowest BCUT2D eigenvalue weighted by Gasteiger charge is -2.32. The van der Waals surface area contributed by atoms with Crippen LogP contribution in [-0.4, -0.2) is 26.3 Å². The summed E-state index contributed by atoms with van der Waals surface area (Å²) in [5.74, 6) is 0. The number of hydrogen-bond acceptors (Lipinski definition) is 2. The normalized spacial score (nSPS) is 27.0. The van der Waals surface area contributed by atoms with Crippen molar-refractivity contribution in [1.29, 1.82) is 0 Å². The molecule has 0 saturated carbocycles. The standard InChI is InChI=1S/C17H35NO/c1-4-5-6-7-8-9-10-11-12-17(15-18-3)13-14-19-16(17)2/h16,18H,4-15H2,1-3H3. The van der Waals surface area contributed by atoms with Crippen LogP contribution in [0.1, 0.15) is 78.1 Å². The molecule has 0 aromatic carbocycles. The van der Waals surface area contributed by atoms with Crippen LogP contribution in [-0.2, 0) is 4.74 Å². The number of unbranched alkanes of at least 4 members (excludes halogenated alkanes) is 7. The van der Waals surface area contributed by atoms with Crippen molar-refractivity contribution in [1.82, 2.24) is 5.32 Å². The maximum Gasteiger partial charge on any atom is 0.0616 e. The first-order valence-corrected chi connectivity index (χ1v) is 8.51.